The van der Waals surface area contributed by atoms with Gasteiger partial charge in [-0.25, -0.2) is 0 Å². The average Bonchev–Trinajstić information content (AvgIpc) is 2.36. The first-order valence-electron chi connectivity index (χ1n) is 7.74. The molecule has 2 unspecified atom stereocenters. The summed E-state index contributed by atoms with van der Waals surface area (Å²) >= 11 is 0. The van der Waals surface area contributed by atoms with Crippen LogP contribution in [0.5, 0.6) is 0 Å². The molecule has 0 heterocycles. The van der Waals surface area contributed by atoms with Gasteiger partial charge < -0.3 is 0 Å². The Balaban J connectivity index is 4.26. The predicted molar refractivity (Wildman–Crippen MR) is 87.2 cm³/mol. The zero-order valence-corrected chi connectivity index (χ0v) is 13.9. The third-order valence-electron chi connectivity index (χ3n) is 4.62. The number of rotatable bonds is 10. The van der Waals surface area contributed by atoms with Gasteiger partial charge in [0.2, 0.25) is 0 Å². The standard InChI is InChI=1S/C16H35P/c1-7-10-11-12-13-14-17(6,15(4)8-2)16(5)9-3/h15-16H,6-14H2,1-5H3. The Kier molecular flexibility index (Phi) is 9.42. The van der Waals surface area contributed by atoms with Crippen LogP contribution in [0.2, 0.25) is 0 Å². The van der Waals surface area contributed by atoms with Crippen molar-refractivity contribution >= 4 is 13.2 Å². The molecule has 0 saturated heterocycles. The summed E-state index contributed by atoms with van der Waals surface area (Å²) in [5.74, 6) is 0. The van der Waals surface area contributed by atoms with Crippen molar-refractivity contribution in [1.29, 1.82) is 0 Å². The summed E-state index contributed by atoms with van der Waals surface area (Å²) in [5.41, 5.74) is 1.73. The largest absolute Gasteiger partial charge is 0.107 e. The van der Waals surface area contributed by atoms with Gasteiger partial charge in [-0.2, -0.15) is 0 Å². The molecule has 0 nitrogen and oxygen atoms in total. The quantitative estimate of drug-likeness (QED) is 0.333. The molecule has 0 spiro atoms. The molecular formula is C16H35P. The average molecular weight is 258 g/mol. The van der Waals surface area contributed by atoms with E-state index in [9.17, 15) is 0 Å². The second-order valence-corrected chi connectivity index (χ2v) is 10.2. The summed E-state index contributed by atoms with van der Waals surface area (Å²) in [6.45, 7) is 10.9. The molecular weight excluding hydrogens is 223 g/mol. The lowest BCUT2D eigenvalue weighted by molar-refractivity contribution is 0.655. The third kappa shape index (κ3) is 5.64. The van der Waals surface area contributed by atoms with Gasteiger partial charge >= 0.3 is 0 Å². The van der Waals surface area contributed by atoms with Crippen molar-refractivity contribution in [2.45, 2.75) is 90.9 Å². The van der Waals surface area contributed by atoms with Crippen molar-refractivity contribution in [3.63, 3.8) is 0 Å². The maximum absolute atomic E-state index is 4.74. The Hall–Kier alpha value is 0.300. The van der Waals surface area contributed by atoms with E-state index < -0.39 is 6.89 Å². The molecule has 0 amide bonds. The molecule has 1 heteroatoms. The Morgan fingerprint density at radius 3 is 1.71 bits per heavy atom. The van der Waals surface area contributed by atoms with Gasteiger partial charge in [-0.05, 0) is 36.7 Å². The molecule has 0 fully saturated rings. The molecule has 2 atom stereocenters. The molecule has 0 rings (SSSR count). The summed E-state index contributed by atoms with van der Waals surface area (Å²) in [6, 6.07) is 0. The van der Waals surface area contributed by atoms with Crippen molar-refractivity contribution in [3.8, 4) is 0 Å². The van der Waals surface area contributed by atoms with Crippen molar-refractivity contribution in [1.82, 2.24) is 0 Å². The summed E-state index contributed by atoms with van der Waals surface area (Å²) in [7, 11) is 0. The topological polar surface area (TPSA) is 0 Å². The van der Waals surface area contributed by atoms with E-state index >= 15 is 0 Å². The monoisotopic (exact) mass is 258 g/mol. The molecule has 17 heavy (non-hydrogen) atoms. The zero-order chi connectivity index (χ0) is 13.3. The highest BCUT2D eigenvalue weighted by atomic mass is 31.2. The fourth-order valence-corrected chi connectivity index (χ4v) is 6.63. The van der Waals surface area contributed by atoms with Gasteiger partial charge in [0.05, 0.1) is 0 Å². The van der Waals surface area contributed by atoms with E-state index in [1.165, 1.54) is 51.1 Å². The van der Waals surface area contributed by atoms with Gasteiger partial charge in [0.1, 0.15) is 0 Å². The van der Waals surface area contributed by atoms with Crippen LogP contribution >= 0.6 is 6.89 Å². The zero-order valence-electron chi connectivity index (χ0n) is 13.0. The van der Waals surface area contributed by atoms with E-state index in [0.29, 0.717) is 0 Å². The first-order valence-corrected chi connectivity index (χ1v) is 10.0. The van der Waals surface area contributed by atoms with E-state index in [1.54, 1.807) is 0 Å². The van der Waals surface area contributed by atoms with E-state index in [0.717, 1.165) is 11.3 Å². The third-order valence-corrected chi connectivity index (χ3v) is 10.0. The Morgan fingerprint density at radius 2 is 1.29 bits per heavy atom. The fraction of sp³-hybridized carbons (Fsp3) is 0.938. The van der Waals surface area contributed by atoms with Gasteiger partial charge in [0, 0.05) is 0 Å². The van der Waals surface area contributed by atoms with E-state index in [1.807, 2.05) is 0 Å². The minimum absolute atomic E-state index is 0.864. The second kappa shape index (κ2) is 9.26. The summed E-state index contributed by atoms with van der Waals surface area (Å²) in [5, 5.41) is 0. The van der Waals surface area contributed by atoms with Crippen LogP contribution in [0.25, 0.3) is 0 Å². The molecule has 0 aliphatic carbocycles. The van der Waals surface area contributed by atoms with Crippen molar-refractivity contribution < 1.29 is 0 Å². The molecule has 0 aliphatic rings. The number of unbranched alkanes of at least 4 members (excludes halogenated alkanes) is 4. The SMILES string of the molecule is C=P(CCCCCCC)(C(C)CC)C(C)CC. The van der Waals surface area contributed by atoms with Gasteiger partial charge in [-0.1, -0.05) is 60.3 Å². The van der Waals surface area contributed by atoms with Crippen molar-refractivity contribution in [3.05, 3.63) is 0 Å². The molecule has 0 aromatic rings. The summed E-state index contributed by atoms with van der Waals surface area (Å²) < 4.78 is 0. The van der Waals surface area contributed by atoms with Crippen LogP contribution < -0.4 is 0 Å². The van der Waals surface area contributed by atoms with Crippen molar-refractivity contribution in [2.24, 2.45) is 0 Å². The van der Waals surface area contributed by atoms with Gasteiger partial charge in [0.15, 0.2) is 0 Å². The smallest absolute Gasteiger partial charge is 0.0244 e. The molecule has 0 N–H and O–H groups in total. The summed E-state index contributed by atoms with van der Waals surface area (Å²) in [6.07, 6.45) is 15.8. The maximum Gasteiger partial charge on any atom is -0.0244 e. The van der Waals surface area contributed by atoms with E-state index in [4.69, 9.17) is 6.30 Å². The normalized spacial score (nSPS) is 18.6. The predicted octanol–water partition coefficient (Wildman–Crippen LogP) is 6.00. The minimum Gasteiger partial charge on any atom is -0.107 e. The molecule has 0 saturated carbocycles. The van der Waals surface area contributed by atoms with Gasteiger partial charge in [-0.15, -0.1) is 13.2 Å². The lowest BCUT2D eigenvalue weighted by atomic mass is 10.2. The Bertz CT molecular complexity index is 206. The van der Waals surface area contributed by atoms with Gasteiger partial charge in [-0.3, -0.25) is 0 Å². The van der Waals surface area contributed by atoms with E-state index in [2.05, 4.69) is 34.6 Å². The van der Waals surface area contributed by atoms with Crippen LogP contribution in [0.1, 0.15) is 79.6 Å². The highest BCUT2D eigenvalue weighted by Gasteiger charge is 2.25. The van der Waals surface area contributed by atoms with Crippen LogP contribution in [-0.4, -0.2) is 23.8 Å². The van der Waals surface area contributed by atoms with Gasteiger partial charge in [0.25, 0.3) is 0 Å². The lowest BCUT2D eigenvalue weighted by Crippen LogP contribution is -2.16. The lowest BCUT2D eigenvalue weighted by Gasteiger charge is -2.36. The molecule has 0 aromatic heterocycles. The second-order valence-electron chi connectivity index (χ2n) is 5.76. The molecule has 104 valence electrons. The number of hydrogen-bond donors (Lipinski definition) is 0. The maximum atomic E-state index is 4.74. The van der Waals surface area contributed by atoms with Crippen LogP contribution in [-0.2, 0) is 0 Å². The Morgan fingerprint density at radius 1 is 0.824 bits per heavy atom. The first-order chi connectivity index (χ1) is 8.02. The molecule has 0 bridgehead atoms. The van der Waals surface area contributed by atoms with Crippen LogP contribution in [0, 0.1) is 0 Å². The summed E-state index contributed by atoms with van der Waals surface area (Å²) in [4.78, 5) is 0. The van der Waals surface area contributed by atoms with Crippen LogP contribution in [0.3, 0.4) is 0 Å². The number of hydrogen-bond acceptors (Lipinski definition) is 0. The molecule has 0 aromatic carbocycles. The van der Waals surface area contributed by atoms with Crippen LogP contribution in [0.4, 0.5) is 0 Å². The van der Waals surface area contributed by atoms with Crippen molar-refractivity contribution in [2.75, 3.05) is 6.16 Å². The first kappa shape index (κ1) is 17.3. The Labute approximate surface area is 111 Å². The van der Waals surface area contributed by atoms with Crippen LogP contribution in [0.15, 0.2) is 0 Å². The molecule has 0 aliphatic heterocycles. The highest BCUT2D eigenvalue weighted by Crippen LogP contribution is 2.57. The molecule has 0 radical (unpaired) electrons. The minimum atomic E-state index is -0.950. The fourth-order valence-electron chi connectivity index (χ4n) is 2.61. The highest BCUT2D eigenvalue weighted by molar-refractivity contribution is 7.75. The van der Waals surface area contributed by atoms with E-state index in [-0.39, 0.29) is 0 Å².